The lowest BCUT2D eigenvalue weighted by molar-refractivity contribution is -0.676. The molecular weight excluding hydrogens is 190 g/mol. The number of hydrogen-bond donors (Lipinski definition) is 1. The number of halogens is 1. The van der Waals surface area contributed by atoms with Crippen LogP contribution < -0.4 is 5.32 Å². The number of quaternary nitrogens is 1. The molecule has 1 aromatic carbocycles. The maximum absolute atomic E-state index is 3.53. The molecule has 1 aliphatic heterocycles. The highest BCUT2D eigenvalue weighted by Crippen LogP contribution is 2.21. The summed E-state index contributed by atoms with van der Waals surface area (Å²) in [6.07, 6.45) is 0. The average molecular weight is 199 g/mol. The van der Waals surface area contributed by atoms with Crippen LogP contribution in [0, 0.1) is 0 Å². The summed E-state index contributed by atoms with van der Waals surface area (Å²) >= 11 is 3.53. The summed E-state index contributed by atoms with van der Waals surface area (Å²) in [6.45, 7) is 2.28. The van der Waals surface area contributed by atoms with E-state index in [4.69, 9.17) is 0 Å². The molecular formula is C8H9BrN+. The smallest absolute Gasteiger partial charge is 0.103 e. The van der Waals surface area contributed by atoms with E-state index in [1.807, 2.05) is 0 Å². The highest BCUT2D eigenvalue weighted by atomic mass is 79.9. The van der Waals surface area contributed by atoms with Gasteiger partial charge in [-0.15, -0.1) is 0 Å². The van der Waals surface area contributed by atoms with Crippen LogP contribution in [-0.4, -0.2) is 0 Å². The monoisotopic (exact) mass is 198 g/mol. The first kappa shape index (κ1) is 6.38. The molecule has 0 saturated heterocycles. The van der Waals surface area contributed by atoms with Crippen LogP contribution in [0.4, 0.5) is 0 Å². The molecule has 0 atom stereocenters. The van der Waals surface area contributed by atoms with Crippen LogP contribution in [0.5, 0.6) is 0 Å². The number of benzene rings is 1. The molecule has 0 fully saturated rings. The molecule has 0 saturated carbocycles. The molecule has 2 rings (SSSR count). The second-order valence-corrected chi connectivity index (χ2v) is 3.43. The normalized spacial score (nSPS) is 15.3. The van der Waals surface area contributed by atoms with Crippen molar-refractivity contribution in [3.63, 3.8) is 0 Å². The Morgan fingerprint density at radius 3 is 3.00 bits per heavy atom. The number of hydrogen-bond acceptors (Lipinski definition) is 0. The first-order valence-corrected chi connectivity index (χ1v) is 4.25. The molecule has 0 aromatic heterocycles. The Morgan fingerprint density at radius 2 is 2.20 bits per heavy atom. The van der Waals surface area contributed by atoms with Crippen molar-refractivity contribution in [2.24, 2.45) is 0 Å². The molecule has 0 bridgehead atoms. The minimum absolute atomic E-state index is 1.14. The number of rotatable bonds is 0. The molecule has 1 aromatic rings. The standard InChI is InChI=1S/C8H8BrN/c9-8-3-1-2-6-4-10-5-7(6)8/h1-3,10H,4-5H2/p+1. The largest absolute Gasteiger partial charge is 0.339 e. The topological polar surface area (TPSA) is 16.6 Å². The maximum Gasteiger partial charge on any atom is 0.103 e. The van der Waals surface area contributed by atoms with E-state index in [2.05, 4.69) is 39.4 Å². The summed E-state index contributed by atoms with van der Waals surface area (Å²) in [7, 11) is 0. The lowest BCUT2D eigenvalue weighted by Crippen LogP contribution is -2.77. The minimum Gasteiger partial charge on any atom is -0.339 e. The summed E-state index contributed by atoms with van der Waals surface area (Å²) in [5.74, 6) is 0. The third-order valence-corrected chi connectivity index (χ3v) is 2.67. The first-order valence-electron chi connectivity index (χ1n) is 3.46. The molecule has 1 nitrogen and oxygen atoms in total. The Kier molecular flexibility index (Phi) is 1.51. The Morgan fingerprint density at radius 1 is 1.30 bits per heavy atom. The van der Waals surface area contributed by atoms with Gasteiger partial charge in [0.05, 0.1) is 0 Å². The second-order valence-electron chi connectivity index (χ2n) is 2.57. The van der Waals surface area contributed by atoms with Gasteiger partial charge in [-0.05, 0) is 6.07 Å². The van der Waals surface area contributed by atoms with Crippen molar-refractivity contribution in [1.82, 2.24) is 0 Å². The zero-order valence-electron chi connectivity index (χ0n) is 5.60. The van der Waals surface area contributed by atoms with Crippen LogP contribution in [0.25, 0.3) is 0 Å². The fourth-order valence-corrected chi connectivity index (χ4v) is 1.96. The van der Waals surface area contributed by atoms with Crippen LogP contribution >= 0.6 is 15.9 Å². The predicted octanol–water partition coefficient (Wildman–Crippen LogP) is 1.03. The minimum atomic E-state index is 1.14. The Bertz CT molecular complexity index is 257. The molecule has 0 aliphatic carbocycles. The molecule has 10 heavy (non-hydrogen) atoms. The van der Waals surface area contributed by atoms with E-state index in [-0.39, 0.29) is 0 Å². The fraction of sp³-hybridized carbons (Fsp3) is 0.250. The second kappa shape index (κ2) is 2.36. The van der Waals surface area contributed by atoms with Crippen LogP contribution in [0.15, 0.2) is 22.7 Å². The Hall–Kier alpha value is -0.340. The van der Waals surface area contributed by atoms with Crippen molar-refractivity contribution in [2.45, 2.75) is 13.1 Å². The van der Waals surface area contributed by atoms with E-state index in [0.717, 1.165) is 13.1 Å². The quantitative estimate of drug-likeness (QED) is 0.642. The average Bonchev–Trinajstić information content (AvgIpc) is 2.36. The van der Waals surface area contributed by atoms with Crippen molar-refractivity contribution in [3.8, 4) is 0 Å². The van der Waals surface area contributed by atoms with Crippen molar-refractivity contribution in [2.75, 3.05) is 0 Å². The Balaban J connectivity index is 2.59. The number of fused-ring (bicyclic) bond motifs is 1. The molecule has 0 spiro atoms. The van der Waals surface area contributed by atoms with Crippen LogP contribution in [0.1, 0.15) is 11.1 Å². The lowest BCUT2D eigenvalue weighted by atomic mass is 10.1. The molecule has 2 heteroatoms. The van der Waals surface area contributed by atoms with Gasteiger partial charge in [0.2, 0.25) is 0 Å². The van der Waals surface area contributed by atoms with Gasteiger partial charge >= 0.3 is 0 Å². The van der Waals surface area contributed by atoms with E-state index in [0.29, 0.717) is 0 Å². The van der Waals surface area contributed by atoms with Gasteiger partial charge in [0.25, 0.3) is 0 Å². The zero-order chi connectivity index (χ0) is 6.97. The molecule has 0 amide bonds. The van der Waals surface area contributed by atoms with E-state index >= 15 is 0 Å². The van der Waals surface area contributed by atoms with Crippen molar-refractivity contribution < 1.29 is 5.32 Å². The third-order valence-electron chi connectivity index (χ3n) is 1.93. The summed E-state index contributed by atoms with van der Waals surface area (Å²) in [6, 6.07) is 6.41. The molecule has 1 aliphatic rings. The van der Waals surface area contributed by atoms with Crippen LogP contribution in [0.3, 0.4) is 0 Å². The fourth-order valence-electron chi connectivity index (χ4n) is 1.40. The van der Waals surface area contributed by atoms with Gasteiger partial charge < -0.3 is 5.32 Å². The summed E-state index contributed by atoms with van der Waals surface area (Å²) in [5.41, 5.74) is 2.96. The first-order chi connectivity index (χ1) is 4.88. The molecule has 0 unspecified atom stereocenters. The zero-order valence-corrected chi connectivity index (χ0v) is 7.19. The summed E-state index contributed by atoms with van der Waals surface area (Å²) < 4.78 is 1.26. The van der Waals surface area contributed by atoms with Gasteiger partial charge in [0.1, 0.15) is 13.1 Å². The van der Waals surface area contributed by atoms with Gasteiger partial charge in [0.15, 0.2) is 0 Å². The summed E-state index contributed by atoms with van der Waals surface area (Å²) in [5, 5.41) is 2.31. The summed E-state index contributed by atoms with van der Waals surface area (Å²) in [4.78, 5) is 0. The van der Waals surface area contributed by atoms with Gasteiger partial charge in [-0.1, -0.05) is 28.1 Å². The van der Waals surface area contributed by atoms with Crippen molar-refractivity contribution >= 4 is 15.9 Å². The molecule has 2 N–H and O–H groups in total. The van der Waals surface area contributed by atoms with Gasteiger partial charge in [-0.2, -0.15) is 0 Å². The van der Waals surface area contributed by atoms with Gasteiger partial charge in [-0.25, -0.2) is 0 Å². The van der Waals surface area contributed by atoms with E-state index in [1.54, 1.807) is 0 Å². The SMILES string of the molecule is Brc1cccc2c1C[NH2+]C2. The molecule has 0 radical (unpaired) electrons. The number of nitrogens with two attached hydrogens (primary N) is 1. The van der Waals surface area contributed by atoms with Gasteiger partial charge in [-0.3, -0.25) is 0 Å². The highest BCUT2D eigenvalue weighted by Gasteiger charge is 2.14. The lowest BCUT2D eigenvalue weighted by Gasteiger charge is -1.95. The van der Waals surface area contributed by atoms with Crippen molar-refractivity contribution in [3.05, 3.63) is 33.8 Å². The van der Waals surface area contributed by atoms with Gasteiger partial charge in [0, 0.05) is 15.6 Å². The highest BCUT2D eigenvalue weighted by molar-refractivity contribution is 9.10. The Labute approximate surface area is 68.6 Å². The maximum atomic E-state index is 3.53. The molecule has 52 valence electrons. The predicted molar refractivity (Wildman–Crippen MR) is 43.5 cm³/mol. The van der Waals surface area contributed by atoms with Crippen LogP contribution in [-0.2, 0) is 13.1 Å². The molecule has 1 heterocycles. The van der Waals surface area contributed by atoms with Crippen LogP contribution in [0.2, 0.25) is 0 Å². The van der Waals surface area contributed by atoms with E-state index in [1.165, 1.54) is 15.6 Å². The van der Waals surface area contributed by atoms with Crippen molar-refractivity contribution in [1.29, 1.82) is 0 Å². The third kappa shape index (κ3) is 0.879. The van der Waals surface area contributed by atoms with E-state index in [9.17, 15) is 0 Å². The van der Waals surface area contributed by atoms with E-state index < -0.39 is 0 Å².